The van der Waals surface area contributed by atoms with Crippen LogP contribution in [0.4, 0.5) is 0 Å². The molecular weight excluding hydrogens is 252 g/mol. The molecule has 0 aromatic carbocycles. The molecule has 0 saturated carbocycles. The third-order valence-corrected chi connectivity index (χ3v) is 8.88. The van der Waals surface area contributed by atoms with Gasteiger partial charge in [-0.2, -0.15) is 0 Å². The number of hydrogen-bond acceptors (Lipinski definition) is 2. The van der Waals surface area contributed by atoms with E-state index in [4.69, 9.17) is 8.85 Å². The highest BCUT2D eigenvalue weighted by Crippen LogP contribution is 2.51. The normalized spacial score (nSPS) is 13.7. The zero-order valence-corrected chi connectivity index (χ0v) is 15.4. The Kier molecular flexibility index (Phi) is 7.00. The highest BCUT2D eigenvalue weighted by molar-refractivity contribution is 6.73. The van der Waals surface area contributed by atoms with Crippen molar-refractivity contribution in [1.29, 1.82) is 0 Å². The maximum absolute atomic E-state index is 6.38. The van der Waals surface area contributed by atoms with Crippen LogP contribution in [0, 0.1) is 0 Å². The van der Waals surface area contributed by atoms with Gasteiger partial charge < -0.3 is 8.85 Å². The van der Waals surface area contributed by atoms with Crippen LogP contribution in [0.3, 0.4) is 0 Å². The van der Waals surface area contributed by atoms with E-state index in [0.717, 1.165) is 25.9 Å². The van der Waals surface area contributed by atoms with Crippen LogP contribution in [0.15, 0.2) is 12.2 Å². The molecule has 0 N–H and O–H groups in total. The largest absolute Gasteiger partial charge is 0.397 e. The Balaban J connectivity index is 4.76. The summed E-state index contributed by atoms with van der Waals surface area (Å²) in [5.41, 5.74) is 1.31. The fraction of sp³-hybridized carbons (Fsp3) is 0.875. The molecule has 0 bridgehead atoms. The molecule has 0 unspecified atom stereocenters. The molecule has 0 fully saturated rings. The molecule has 19 heavy (non-hydrogen) atoms. The smallest absolute Gasteiger partial charge is 0.349 e. The van der Waals surface area contributed by atoms with Gasteiger partial charge in [0.15, 0.2) is 0 Å². The number of allylic oxidation sites excluding steroid dienone is 1. The molecule has 0 aliphatic rings. The molecule has 0 aliphatic heterocycles. The summed E-state index contributed by atoms with van der Waals surface area (Å²) in [6, 6.07) is 0. The van der Waals surface area contributed by atoms with Crippen LogP contribution in [-0.2, 0) is 8.85 Å². The van der Waals surface area contributed by atoms with Crippen LogP contribution in [-0.4, -0.2) is 22.3 Å². The van der Waals surface area contributed by atoms with Gasteiger partial charge in [-0.1, -0.05) is 60.6 Å². The van der Waals surface area contributed by atoms with Crippen molar-refractivity contribution in [2.24, 2.45) is 0 Å². The second-order valence-electron chi connectivity index (χ2n) is 7.38. The van der Waals surface area contributed by atoms with E-state index in [9.17, 15) is 0 Å². The fourth-order valence-electron chi connectivity index (χ4n) is 2.94. The van der Waals surface area contributed by atoms with E-state index in [1.807, 2.05) is 7.11 Å². The maximum Gasteiger partial charge on any atom is 0.349 e. The van der Waals surface area contributed by atoms with Crippen molar-refractivity contribution in [3.05, 3.63) is 12.2 Å². The SMILES string of the molecule is C=C(CC)CCCO[Si](OC)(C(C)(C)C)C(C)(C)C. The summed E-state index contributed by atoms with van der Waals surface area (Å²) in [4.78, 5) is 0. The summed E-state index contributed by atoms with van der Waals surface area (Å²) < 4.78 is 12.4. The van der Waals surface area contributed by atoms with Crippen LogP contribution < -0.4 is 0 Å². The summed E-state index contributed by atoms with van der Waals surface area (Å²) in [5.74, 6) is 0. The Hall–Kier alpha value is -0.123. The molecule has 0 heterocycles. The van der Waals surface area contributed by atoms with E-state index in [2.05, 4.69) is 55.0 Å². The van der Waals surface area contributed by atoms with Crippen LogP contribution in [0.5, 0.6) is 0 Å². The Labute approximate surface area is 121 Å². The summed E-state index contributed by atoms with van der Waals surface area (Å²) in [5, 5.41) is 0.115. The molecule has 0 saturated heterocycles. The van der Waals surface area contributed by atoms with Crippen LogP contribution in [0.1, 0.15) is 67.7 Å². The Bertz CT molecular complexity index is 270. The minimum Gasteiger partial charge on any atom is -0.397 e. The van der Waals surface area contributed by atoms with Gasteiger partial charge in [0, 0.05) is 23.8 Å². The van der Waals surface area contributed by atoms with Crippen LogP contribution in [0.2, 0.25) is 10.1 Å². The molecule has 0 atom stereocenters. The van der Waals surface area contributed by atoms with E-state index >= 15 is 0 Å². The molecule has 114 valence electrons. The highest BCUT2D eigenvalue weighted by atomic mass is 28.4. The average molecular weight is 287 g/mol. The van der Waals surface area contributed by atoms with Gasteiger partial charge in [-0.3, -0.25) is 0 Å². The van der Waals surface area contributed by atoms with E-state index in [-0.39, 0.29) is 10.1 Å². The molecule has 0 spiro atoms. The lowest BCUT2D eigenvalue weighted by Crippen LogP contribution is -2.56. The van der Waals surface area contributed by atoms with E-state index in [1.165, 1.54) is 5.57 Å². The molecule has 0 aromatic heterocycles. The monoisotopic (exact) mass is 286 g/mol. The van der Waals surface area contributed by atoms with E-state index < -0.39 is 8.56 Å². The lowest BCUT2D eigenvalue weighted by Gasteiger charge is -2.48. The van der Waals surface area contributed by atoms with Crippen LogP contribution in [0.25, 0.3) is 0 Å². The quantitative estimate of drug-likeness (QED) is 0.352. The molecular formula is C16H34O2Si. The van der Waals surface area contributed by atoms with Gasteiger partial charge in [-0.05, 0) is 19.3 Å². The molecule has 0 radical (unpaired) electrons. The number of hydrogen-bond donors (Lipinski definition) is 0. The molecule has 0 amide bonds. The topological polar surface area (TPSA) is 18.5 Å². The van der Waals surface area contributed by atoms with Crippen molar-refractivity contribution in [2.45, 2.75) is 77.8 Å². The molecule has 0 aliphatic carbocycles. The minimum absolute atomic E-state index is 0.0573. The van der Waals surface area contributed by atoms with Gasteiger partial charge in [-0.15, -0.1) is 0 Å². The van der Waals surface area contributed by atoms with E-state index in [0.29, 0.717) is 0 Å². The van der Waals surface area contributed by atoms with Gasteiger partial charge >= 0.3 is 8.56 Å². The summed E-state index contributed by atoms with van der Waals surface area (Å²) in [6.45, 7) is 20.4. The zero-order valence-electron chi connectivity index (χ0n) is 14.4. The molecule has 0 aromatic rings. The average Bonchev–Trinajstić information content (AvgIpc) is 2.25. The van der Waals surface area contributed by atoms with Gasteiger partial charge in [0.1, 0.15) is 0 Å². The first-order valence-corrected chi connectivity index (χ1v) is 9.19. The van der Waals surface area contributed by atoms with Crippen molar-refractivity contribution in [1.82, 2.24) is 0 Å². The fourth-order valence-corrected chi connectivity index (χ4v) is 7.83. The third-order valence-electron chi connectivity index (χ3n) is 3.74. The standard InChI is InChI=1S/C16H34O2Si/c1-10-14(2)12-11-13-18-19(17-9,15(3,4)5)16(6,7)8/h2,10-13H2,1,3-9H3. The predicted molar refractivity (Wildman–Crippen MR) is 86.8 cm³/mol. The Morgan fingerprint density at radius 3 is 1.84 bits per heavy atom. The van der Waals surface area contributed by atoms with E-state index in [1.54, 1.807) is 0 Å². The maximum atomic E-state index is 6.38. The van der Waals surface area contributed by atoms with Gasteiger partial charge in [0.2, 0.25) is 0 Å². The molecule has 0 rings (SSSR count). The number of rotatable bonds is 7. The third kappa shape index (κ3) is 4.73. The van der Waals surface area contributed by atoms with Crippen molar-refractivity contribution >= 4 is 8.56 Å². The van der Waals surface area contributed by atoms with Crippen molar-refractivity contribution in [3.8, 4) is 0 Å². The van der Waals surface area contributed by atoms with Crippen LogP contribution >= 0.6 is 0 Å². The van der Waals surface area contributed by atoms with Crippen molar-refractivity contribution in [2.75, 3.05) is 13.7 Å². The first-order chi connectivity index (χ1) is 8.52. The van der Waals surface area contributed by atoms with Crippen molar-refractivity contribution < 1.29 is 8.85 Å². The second kappa shape index (κ2) is 7.05. The first-order valence-electron chi connectivity index (χ1n) is 7.37. The zero-order chi connectivity index (χ0) is 15.3. The minimum atomic E-state index is -2.28. The summed E-state index contributed by atoms with van der Waals surface area (Å²) in [7, 11) is -0.471. The van der Waals surface area contributed by atoms with Gasteiger partial charge in [0.05, 0.1) is 0 Å². The second-order valence-corrected chi connectivity index (χ2v) is 12.3. The Morgan fingerprint density at radius 1 is 1.05 bits per heavy atom. The lowest BCUT2D eigenvalue weighted by molar-refractivity contribution is 0.150. The first kappa shape index (κ1) is 18.9. The summed E-state index contributed by atoms with van der Waals surface area (Å²) in [6.07, 6.45) is 3.15. The predicted octanol–water partition coefficient (Wildman–Crippen LogP) is 5.44. The van der Waals surface area contributed by atoms with Gasteiger partial charge in [0.25, 0.3) is 0 Å². The lowest BCUT2D eigenvalue weighted by atomic mass is 10.1. The Morgan fingerprint density at radius 2 is 1.53 bits per heavy atom. The van der Waals surface area contributed by atoms with Crippen molar-refractivity contribution in [3.63, 3.8) is 0 Å². The molecule has 3 heteroatoms. The molecule has 2 nitrogen and oxygen atoms in total. The highest BCUT2D eigenvalue weighted by Gasteiger charge is 2.57. The van der Waals surface area contributed by atoms with Gasteiger partial charge in [-0.25, -0.2) is 0 Å². The summed E-state index contributed by atoms with van der Waals surface area (Å²) >= 11 is 0.